The van der Waals surface area contributed by atoms with Crippen molar-refractivity contribution in [2.45, 2.75) is 149 Å². The van der Waals surface area contributed by atoms with Crippen molar-refractivity contribution >= 4 is 9.84 Å². The molecule has 0 atom stereocenters. The second kappa shape index (κ2) is 15.7. The van der Waals surface area contributed by atoms with Crippen molar-refractivity contribution in [1.29, 1.82) is 5.26 Å². The van der Waals surface area contributed by atoms with Gasteiger partial charge in [0.15, 0.2) is 0 Å². The highest BCUT2D eigenvalue weighted by Crippen LogP contribution is 2.38. The van der Waals surface area contributed by atoms with E-state index in [1.165, 1.54) is 38.5 Å². The molecule has 209 valence electrons. The number of benzene rings is 1. The zero-order valence-electron chi connectivity index (χ0n) is 25.2. The van der Waals surface area contributed by atoms with Crippen LogP contribution in [0.2, 0.25) is 0 Å². The molecule has 4 heteroatoms. The molecular weight excluding hydrogens is 474 g/mol. The van der Waals surface area contributed by atoms with Gasteiger partial charge in [0.05, 0.1) is 4.90 Å². The van der Waals surface area contributed by atoms with E-state index in [0.29, 0.717) is 11.3 Å². The lowest BCUT2D eigenvalue weighted by atomic mass is 9.72. The molecule has 1 aromatic rings. The topological polar surface area (TPSA) is 57.9 Å². The second-order valence-electron chi connectivity index (χ2n) is 12.7. The van der Waals surface area contributed by atoms with Gasteiger partial charge < -0.3 is 0 Å². The van der Waals surface area contributed by atoms with E-state index < -0.39 is 9.84 Å². The minimum atomic E-state index is -3.90. The largest absolute Gasteiger partial charge is 0.218 e. The Labute approximate surface area is 230 Å². The van der Waals surface area contributed by atoms with Crippen LogP contribution in [-0.4, -0.2) is 8.42 Å². The fourth-order valence-electron chi connectivity index (χ4n) is 5.35. The van der Waals surface area contributed by atoms with Crippen molar-refractivity contribution in [2.24, 2.45) is 5.41 Å². The van der Waals surface area contributed by atoms with Gasteiger partial charge in [-0.3, -0.25) is 0 Å². The Morgan fingerprint density at radius 1 is 0.892 bits per heavy atom. The summed E-state index contributed by atoms with van der Waals surface area (Å²) in [4.78, 5) is 0.182. The van der Waals surface area contributed by atoms with E-state index >= 15 is 0 Å². The summed E-state index contributed by atoms with van der Waals surface area (Å²) >= 11 is 0. The Kier molecular flexibility index (Phi) is 14.2. The molecule has 0 saturated carbocycles. The lowest BCUT2D eigenvalue weighted by Crippen LogP contribution is -2.25. The molecule has 0 aromatic heterocycles. The van der Waals surface area contributed by atoms with E-state index in [1.54, 1.807) is 6.08 Å². The zero-order chi connectivity index (χ0) is 28.1. The maximum atomic E-state index is 13.8. The average molecular weight is 529 g/mol. The molecule has 0 aliphatic heterocycles. The molecule has 1 radical (unpaired) electrons. The Hall–Kier alpha value is -1.60. The van der Waals surface area contributed by atoms with Gasteiger partial charge in [0.25, 0.3) is 0 Å². The number of allylic oxidation sites excluding steroid dienone is 2. The van der Waals surface area contributed by atoms with Crippen molar-refractivity contribution in [3.8, 4) is 6.07 Å². The first-order valence-corrected chi connectivity index (χ1v) is 16.1. The Balaban J connectivity index is 3.14. The molecule has 0 fully saturated rings. The zero-order valence-corrected chi connectivity index (χ0v) is 26.0. The van der Waals surface area contributed by atoms with E-state index in [1.807, 2.05) is 25.1 Å². The first-order valence-electron chi connectivity index (χ1n) is 14.6. The summed E-state index contributed by atoms with van der Waals surface area (Å²) in [6.07, 6.45) is 15.9. The molecule has 0 unspecified atom stereocenters. The van der Waals surface area contributed by atoms with Gasteiger partial charge in [0, 0.05) is 0 Å². The lowest BCUT2D eigenvalue weighted by molar-refractivity contribution is 0.284. The predicted molar refractivity (Wildman–Crippen MR) is 159 cm³/mol. The van der Waals surface area contributed by atoms with Crippen molar-refractivity contribution in [2.75, 3.05) is 0 Å². The number of unbranched alkanes of at least 4 members (excludes halogenated alkanes) is 8. The normalized spacial score (nSPS) is 13.2. The summed E-state index contributed by atoms with van der Waals surface area (Å²) in [5.74, 6) is 0.963. The van der Waals surface area contributed by atoms with Crippen LogP contribution in [-0.2, 0) is 21.7 Å². The molecule has 0 saturated heterocycles. The SMILES string of the molecule is CCCCCCCCCC[C](C)C=C(C#N)S(=O)(=O)c1cc(C(C)(C)CC(C)(C)C)ccc1CCCC. The number of nitriles is 1. The van der Waals surface area contributed by atoms with Crippen LogP contribution in [0.5, 0.6) is 0 Å². The fraction of sp³-hybridized carbons (Fsp3) is 0.697. The van der Waals surface area contributed by atoms with Crippen LogP contribution in [0.25, 0.3) is 0 Å². The van der Waals surface area contributed by atoms with Gasteiger partial charge in [0.2, 0.25) is 9.84 Å². The molecule has 0 amide bonds. The molecular formula is C33H54NO2S. The molecule has 37 heavy (non-hydrogen) atoms. The van der Waals surface area contributed by atoms with Crippen LogP contribution in [0.3, 0.4) is 0 Å². The molecule has 1 rings (SSSR count). The van der Waals surface area contributed by atoms with Crippen LogP contribution in [0.15, 0.2) is 34.1 Å². The standard InChI is InChI=1S/C33H54NO2S/c1-9-11-13-14-15-16-17-18-19-27(3)23-30(25-34)37(35,36)31-24-29(22-21-28(31)20-12-10-2)33(7,8)26-32(4,5)6/h21-24H,9-20,26H2,1-8H3. The second-order valence-corrected chi connectivity index (χ2v) is 14.6. The average Bonchev–Trinajstić information content (AvgIpc) is 2.81. The van der Waals surface area contributed by atoms with Crippen LogP contribution in [0, 0.1) is 22.7 Å². The van der Waals surface area contributed by atoms with E-state index in [4.69, 9.17) is 0 Å². The molecule has 1 aromatic carbocycles. The van der Waals surface area contributed by atoms with Crippen LogP contribution < -0.4 is 0 Å². The lowest BCUT2D eigenvalue weighted by Gasteiger charge is -2.33. The Morgan fingerprint density at radius 2 is 1.46 bits per heavy atom. The molecule has 0 spiro atoms. The maximum Gasteiger partial charge on any atom is 0.216 e. The summed E-state index contributed by atoms with van der Waals surface area (Å²) in [5.41, 5.74) is 1.76. The monoisotopic (exact) mass is 528 g/mol. The van der Waals surface area contributed by atoms with E-state index in [0.717, 1.165) is 55.6 Å². The highest BCUT2D eigenvalue weighted by molar-refractivity contribution is 7.95. The van der Waals surface area contributed by atoms with E-state index in [2.05, 4.69) is 54.5 Å². The van der Waals surface area contributed by atoms with Crippen LogP contribution in [0.1, 0.15) is 144 Å². The highest BCUT2D eigenvalue weighted by Gasteiger charge is 2.31. The number of sulfone groups is 1. The molecule has 0 aliphatic rings. The van der Waals surface area contributed by atoms with Crippen LogP contribution >= 0.6 is 0 Å². The van der Waals surface area contributed by atoms with Gasteiger partial charge >= 0.3 is 0 Å². The third kappa shape index (κ3) is 11.8. The Morgan fingerprint density at radius 3 is 2.00 bits per heavy atom. The number of nitrogens with zero attached hydrogens (tertiary/aromatic N) is 1. The summed E-state index contributed by atoms with van der Waals surface area (Å²) in [5, 5.41) is 9.92. The van der Waals surface area contributed by atoms with Gasteiger partial charge in [0.1, 0.15) is 11.0 Å². The minimum Gasteiger partial charge on any atom is -0.218 e. The van der Waals surface area contributed by atoms with Crippen molar-refractivity contribution in [1.82, 2.24) is 0 Å². The quantitative estimate of drug-likeness (QED) is 0.149. The number of aryl methyl sites for hydroxylation is 1. The van der Waals surface area contributed by atoms with Crippen LogP contribution in [0.4, 0.5) is 0 Å². The summed E-state index contributed by atoms with van der Waals surface area (Å²) in [7, 11) is -3.90. The van der Waals surface area contributed by atoms with Crippen molar-refractivity contribution in [3.63, 3.8) is 0 Å². The summed E-state index contributed by atoms with van der Waals surface area (Å²) in [6, 6.07) is 7.96. The minimum absolute atomic E-state index is 0.114. The third-order valence-electron chi connectivity index (χ3n) is 7.11. The first-order chi connectivity index (χ1) is 17.3. The molecule has 0 bridgehead atoms. The summed E-state index contributed by atoms with van der Waals surface area (Å²) in [6.45, 7) is 17.3. The summed E-state index contributed by atoms with van der Waals surface area (Å²) < 4.78 is 27.7. The van der Waals surface area contributed by atoms with E-state index in [9.17, 15) is 13.7 Å². The predicted octanol–water partition coefficient (Wildman–Crippen LogP) is 10.0. The molecule has 0 aliphatic carbocycles. The molecule has 0 N–H and O–H groups in total. The number of hydrogen-bond acceptors (Lipinski definition) is 3. The first kappa shape index (κ1) is 33.4. The number of hydrogen-bond donors (Lipinski definition) is 0. The smallest absolute Gasteiger partial charge is 0.216 e. The number of rotatable bonds is 17. The van der Waals surface area contributed by atoms with Gasteiger partial charge in [-0.25, -0.2) is 8.42 Å². The van der Waals surface area contributed by atoms with E-state index in [-0.39, 0.29) is 15.7 Å². The van der Waals surface area contributed by atoms with Gasteiger partial charge in [-0.15, -0.1) is 0 Å². The van der Waals surface area contributed by atoms with Crippen molar-refractivity contribution < 1.29 is 8.42 Å². The third-order valence-corrected chi connectivity index (χ3v) is 8.86. The Bertz CT molecular complexity index is 990. The fourth-order valence-corrected chi connectivity index (χ4v) is 6.86. The van der Waals surface area contributed by atoms with Gasteiger partial charge in [-0.1, -0.05) is 125 Å². The highest BCUT2D eigenvalue weighted by atomic mass is 32.2. The van der Waals surface area contributed by atoms with Gasteiger partial charge in [-0.2, -0.15) is 5.26 Å². The molecule has 0 heterocycles. The van der Waals surface area contributed by atoms with Crippen molar-refractivity contribution in [3.05, 3.63) is 46.2 Å². The van der Waals surface area contributed by atoms with Gasteiger partial charge in [-0.05, 0) is 65.7 Å². The maximum absolute atomic E-state index is 13.8. The molecule has 3 nitrogen and oxygen atoms in total.